The Bertz CT molecular complexity index is 617. The summed E-state index contributed by atoms with van der Waals surface area (Å²) in [4.78, 5) is 8.93. The minimum atomic E-state index is 0.497. The van der Waals surface area contributed by atoms with Crippen molar-refractivity contribution in [1.82, 2.24) is 9.97 Å². The van der Waals surface area contributed by atoms with Crippen LogP contribution in [0.5, 0.6) is 5.75 Å². The van der Waals surface area contributed by atoms with Gasteiger partial charge < -0.3 is 4.74 Å². The number of methoxy groups -OCH3 is 1. The topological polar surface area (TPSA) is 35.0 Å². The highest BCUT2D eigenvalue weighted by atomic mass is 79.9. The summed E-state index contributed by atoms with van der Waals surface area (Å²) in [5, 5.41) is 0.497. The van der Waals surface area contributed by atoms with Gasteiger partial charge in [-0.25, -0.2) is 9.97 Å². The van der Waals surface area contributed by atoms with E-state index in [-0.39, 0.29) is 0 Å². The van der Waals surface area contributed by atoms with Gasteiger partial charge in [-0.1, -0.05) is 34.5 Å². The Morgan fingerprint density at radius 1 is 1.32 bits per heavy atom. The van der Waals surface area contributed by atoms with Gasteiger partial charge in [0.1, 0.15) is 10.9 Å². The lowest BCUT2D eigenvalue weighted by Crippen LogP contribution is -2.00. The number of ether oxygens (including phenoxy) is 1. The van der Waals surface area contributed by atoms with Crippen LogP contribution < -0.4 is 4.74 Å². The molecule has 0 fully saturated rings. The summed E-state index contributed by atoms with van der Waals surface area (Å²) < 4.78 is 6.14. The number of nitrogens with zero attached hydrogens (tertiary/aromatic N) is 2. The van der Waals surface area contributed by atoms with Crippen LogP contribution in [0.25, 0.3) is 11.4 Å². The summed E-state index contributed by atoms with van der Waals surface area (Å²) in [5.74, 6) is 1.37. The van der Waals surface area contributed by atoms with Crippen molar-refractivity contribution in [1.29, 1.82) is 0 Å². The van der Waals surface area contributed by atoms with Crippen LogP contribution >= 0.6 is 27.5 Å². The third kappa shape index (κ3) is 2.90. The van der Waals surface area contributed by atoms with Gasteiger partial charge in [0.15, 0.2) is 5.82 Å². The smallest absolute Gasteiger partial charge is 0.162 e. The number of hydrogen-bond acceptors (Lipinski definition) is 3. The Morgan fingerprint density at radius 3 is 2.68 bits per heavy atom. The van der Waals surface area contributed by atoms with Gasteiger partial charge in [0.25, 0.3) is 0 Å². The van der Waals surface area contributed by atoms with Crippen molar-refractivity contribution in [2.45, 2.75) is 20.3 Å². The number of aryl methyl sites for hydroxylation is 1. The van der Waals surface area contributed by atoms with Crippen LogP contribution in [-0.2, 0) is 6.42 Å². The van der Waals surface area contributed by atoms with Gasteiger partial charge in [0.05, 0.1) is 7.11 Å². The molecule has 0 bridgehead atoms. The molecule has 2 aromatic rings. The normalized spacial score (nSPS) is 10.6. The monoisotopic (exact) mass is 340 g/mol. The van der Waals surface area contributed by atoms with Crippen molar-refractivity contribution < 1.29 is 4.74 Å². The van der Waals surface area contributed by atoms with Crippen LogP contribution in [0.3, 0.4) is 0 Å². The first kappa shape index (κ1) is 14.3. The molecule has 0 N–H and O–H groups in total. The lowest BCUT2D eigenvalue weighted by atomic mass is 10.1. The fourth-order valence-electron chi connectivity index (χ4n) is 1.80. The van der Waals surface area contributed by atoms with Crippen molar-refractivity contribution in [3.05, 3.63) is 39.1 Å². The van der Waals surface area contributed by atoms with Gasteiger partial charge in [0, 0.05) is 21.3 Å². The minimum absolute atomic E-state index is 0.497. The van der Waals surface area contributed by atoms with Gasteiger partial charge in [-0.3, -0.25) is 0 Å². The van der Waals surface area contributed by atoms with Gasteiger partial charge >= 0.3 is 0 Å². The van der Waals surface area contributed by atoms with Gasteiger partial charge in [-0.2, -0.15) is 0 Å². The summed E-state index contributed by atoms with van der Waals surface area (Å²) in [6.07, 6.45) is 0.822. The quantitative estimate of drug-likeness (QED) is 0.774. The molecule has 0 radical (unpaired) electrons. The number of halogens is 2. The fourth-order valence-corrected chi connectivity index (χ4v) is 2.41. The molecule has 0 atom stereocenters. The van der Waals surface area contributed by atoms with Crippen LogP contribution in [0.1, 0.15) is 18.2 Å². The Hall–Kier alpha value is -1.13. The average Bonchev–Trinajstić information content (AvgIpc) is 2.42. The van der Waals surface area contributed by atoms with E-state index >= 15 is 0 Å². The van der Waals surface area contributed by atoms with Gasteiger partial charge in [-0.05, 0) is 31.5 Å². The third-order valence-corrected chi connectivity index (χ3v) is 4.00. The largest absolute Gasteiger partial charge is 0.497 e. The molecule has 1 heterocycles. The summed E-state index contributed by atoms with van der Waals surface area (Å²) in [5.41, 5.74) is 2.77. The molecule has 3 nitrogen and oxygen atoms in total. The van der Waals surface area contributed by atoms with Crippen LogP contribution in [0, 0.1) is 6.92 Å². The molecule has 0 saturated carbocycles. The first-order valence-corrected chi connectivity index (χ1v) is 7.10. The van der Waals surface area contributed by atoms with Crippen molar-refractivity contribution >= 4 is 27.5 Å². The lowest BCUT2D eigenvalue weighted by Gasteiger charge is -2.10. The average molecular weight is 342 g/mol. The van der Waals surface area contributed by atoms with E-state index in [4.69, 9.17) is 16.3 Å². The molecule has 0 unspecified atom stereocenters. The maximum Gasteiger partial charge on any atom is 0.162 e. The third-order valence-electron chi connectivity index (χ3n) is 2.94. The minimum Gasteiger partial charge on any atom is -0.497 e. The number of benzene rings is 1. The Kier molecular flexibility index (Phi) is 4.42. The molecule has 100 valence electrons. The second kappa shape index (κ2) is 5.88. The molecule has 1 aromatic heterocycles. The predicted octanol–water partition coefficient (Wildman–Crippen LogP) is 4.44. The lowest BCUT2D eigenvalue weighted by molar-refractivity contribution is 0.415. The molecule has 0 aliphatic carbocycles. The van der Waals surface area contributed by atoms with E-state index < -0.39 is 0 Å². The van der Waals surface area contributed by atoms with E-state index in [2.05, 4.69) is 32.8 Å². The predicted molar refractivity (Wildman–Crippen MR) is 80.8 cm³/mol. The highest BCUT2D eigenvalue weighted by Crippen LogP contribution is 2.31. The molecule has 5 heteroatoms. The van der Waals surface area contributed by atoms with E-state index in [1.54, 1.807) is 7.11 Å². The molecule has 0 aliphatic rings. The highest BCUT2D eigenvalue weighted by molar-refractivity contribution is 9.10. The summed E-state index contributed by atoms with van der Waals surface area (Å²) >= 11 is 9.68. The Balaban J connectivity index is 2.61. The van der Waals surface area contributed by atoms with E-state index in [9.17, 15) is 0 Å². The van der Waals surface area contributed by atoms with E-state index in [1.807, 2.05) is 25.1 Å². The number of hydrogen-bond donors (Lipinski definition) is 0. The van der Waals surface area contributed by atoms with Crippen LogP contribution in [0.15, 0.2) is 22.7 Å². The Morgan fingerprint density at radius 2 is 2.05 bits per heavy atom. The Labute approximate surface area is 126 Å². The summed E-state index contributed by atoms with van der Waals surface area (Å²) in [6, 6.07) is 5.69. The number of rotatable bonds is 3. The molecule has 19 heavy (non-hydrogen) atoms. The maximum atomic E-state index is 6.18. The van der Waals surface area contributed by atoms with Crippen molar-refractivity contribution in [3.8, 4) is 17.1 Å². The molecule has 0 amide bonds. The molecule has 0 spiro atoms. The zero-order chi connectivity index (χ0) is 14.0. The van der Waals surface area contributed by atoms with E-state index in [0.717, 1.165) is 33.5 Å². The molecule has 1 aromatic carbocycles. The first-order chi connectivity index (χ1) is 9.06. The van der Waals surface area contributed by atoms with Gasteiger partial charge in [-0.15, -0.1) is 0 Å². The molecular weight excluding hydrogens is 328 g/mol. The van der Waals surface area contributed by atoms with E-state index in [1.165, 1.54) is 0 Å². The second-order valence-corrected chi connectivity index (χ2v) is 5.32. The van der Waals surface area contributed by atoms with Crippen molar-refractivity contribution in [2.75, 3.05) is 7.11 Å². The number of aromatic nitrogens is 2. The fraction of sp³-hybridized carbons (Fsp3) is 0.286. The van der Waals surface area contributed by atoms with Crippen LogP contribution in [-0.4, -0.2) is 17.1 Å². The molecule has 0 saturated heterocycles. The van der Waals surface area contributed by atoms with Crippen molar-refractivity contribution in [3.63, 3.8) is 0 Å². The zero-order valence-corrected chi connectivity index (χ0v) is 13.3. The first-order valence-electron chi connectivity index (χ1n) is 5.93. The maximum absolute atomic E-state index is 6.18. The standard InChI is InChI=1S/C14H14BrClN2O/c1-4-12-8(2)13(16)18-14(17-12)10-7-9(19-3)5-6-11(10)15/h5-7H,4H2,1-3H3. The molecular formula is C14H14BrClN2O. The summed E-state index contributed by atoms with van der Waals surface area (Å²) in [7, 11) is 1.63. The zero-order valence-electron chi connectivity index (χ0n) is 11.0. The molecule has 0 aliphatic heterocycles. The highest BCUT2D eigenvalue weighted by Gasteiger charge is 2.13. The van der Waals surface area contributed by atoms with Gasteiger partial charge in [0.2, 0.25) is 0 Å². The van der Waals surface area contributed by atoms with Crippen molar-refractivity contribution in [2.24, 2.45) is 0 Å². The van der Waals surface area contributed by atoms with E-state index in [0.29, 0.717) is 11.0 Å². The summed E-state index contributed by atoms with van der Waals surface area (Å²) in [6.45, 7) is 3.99. The molecule has 2 rings (SSSR count). The second-order valence-electron chi connectivity index (χ2n) is 4.11. The van der Waals surface area contributed by atoms with Crippen LogP contribution in [0.2, 0.25) is 5.15 Å². The SMILES string of the molecule is CCc1nc(-c2cc(OC)ccc2Br)nc(Cl)c1C. The van der Waals surface area contributed by atoms with Crippen LogP contribution in [0.4, 0.5) is 0 Å².